The molecule has 0 bridgehead atoms. The number of likely N-dealkylation sites (tertiary alicyclic amines) is 1. The highest BCUT2D eigenvalue weighted by molar-refractivity contribution is 6.09. The lowest BCUT2D eigenvalue weighted by Gasteiger charge is -2.30. The van der Waals surface area contributed by atoms with E-state index in [2.05, 4.69) is 22.5 Å². The fourth-order valence-electron chi connectivity index (χ4n) is 4.54. The van der Waals surface area contributed by atoms with Gasteiger partial charge in [-0.05, 0) is 68.0 Å². The minimum Gasteiger partial charge on any atom is -0.376 e. The van der Waals surface area contributed by atoms with Crippen LogP contribution in [-0.2, 0) is 11.3 Å². The van der Waals surface area contributed by atoms with Crippen molar-refractivity contribution in [3.8, 4) is 0 Å². The molecule has 2 atom stereocenters. The van der Waals surface area contributed by atoms with Gasteiger partial charge in [0.05, 0.1) is 17.4 Å². The van der Waals surface area contributed by atoms with Crippen LogP contribution in [0.3, 0.4) is 0 Å². The SMILES string of the molecule is CC1CCCN(Cc2ccc(C(=O)Nc3ccccc3C(=O)NCC3CCCO3)cc2)C1. The lowest BCUT2D eigenvalue weighted by Crippen LogP contribution is -2.33. The van der Waals surface area contributed by atoms with Crippen molar-refractivity contribution in [2.75, 3.05) is 31.6 Å². The number of anilines is 1. The lowest BCUT2D eigenvalue weighted by molar-refractivity contribution is 0.0858. The smallest absolute Gasteiger partial charge is 0.255 e. The Morgan fingerprint density at radius 1 is 1.03 bits per heavy atom. The molecule has 2 N–H and O–H groups in total. The Balaban J connectivity index is 1.35. The van der Waals surface area contributed by atoms with Crippen LogP contribution in [0.2, 0.25) is 0 Å². The molecule has 4 rings (SSSR count). The molecule has 2 unspecified atom stereocenters. The number of piperidine rings is 1. The van der Waals surface area contributed by atoms with Crippen molar-refractivity contribution in [2.45, 2.75) is 45.3 Å². The van der Waals surface area contributed by atoms with Crippen LogP contribution in [0.5, 0.6) is 0 Å². The van der Waals surface area contributed by atoms with Crippen LogP contribution in [0.4, 0.5) is 5.69 Å². The van der Waals surface area contributed by atoms with Gasteiger partial charge in [0.2, 0.25) is 0 Å². The maximum Gasteiger partial charge on any atom is 0.255 e. The average molecular weight is 436 g/mol. The Labute approximate surface area is 190 Å². The molecule has 2 fully saturated rings. The molecular weight excluding hydrogens is 402 g/mol. The number of hydrogen-bond acceptors (Lipinski definition) is 4. The van der Waals surface area contributed by atoms with Crippen molar-refractivity contribution < 1.29 is 14.3 Å². The molecular formula is C26H33N3O3. The molecule has 2 aliphatic heterocycles. The van der Waals surface area contributed by atoms with Crippen LogP contribution < -0.4 is 10.6 Å². The van der Waals surface area contributed by atoms with E-state index in [1.54, 1.807) is 18.2 Å². The summed E-state index contributed by atoms with van der Waals surface area (Å²) in [5.74, 6) is 0.321. The van der Waals surface area contributed by atoms with Crippen molar-refractivity contribution >= 4 is 17.5 Å². The Hall–Kier alpha value is -2.70. The normalized spacial score (nSPS) is 21.3. The minimum atomic E-state index is -0.220. The molecule has 2 amide bonds. The monoisotopic (exact) mass is 435 g/mol. The van der Waals surface area contributed by atoms with Crippen LogP contribution in [0.15, 0.2) is 48.5 Å². The fourth-order valence-corrected chi connectivity index (χ4v) is 4.54. The van der Waals surface area contributed by atoms with Gasteiger partial charge in [-0.15, -0.1) is 0 Å². The third kappa shape index (κ3) is 5.96. The van der Waals surface area contributed by atoms with E-state index in [9.17, 15) is 9.59 Å². The predicted octanol–water partition coefficient (Wildman–Crippen LogP) is 4.08. The number of nitrogens with zero attached hydrogens (tertiary/aromatic N) is 1. The number of para-hydroxylation sites is 1. The van der Waals surface area contributed by atoms with E-state index < -0.39 is 0 Å². The van der Waals surface area contributed by atoms with Gasteiger partial charge < -0.3 is 15.4 Å². The summed E-state index contributed by atoms with van der Waals surface area (Å²) in [5, 5.41) is 5.82. The van der Waals surface area contributed by atoms with Crippen LogP contribution >= 0.6 is 0 Å². The maximum atomic E-state index is 12.8. The molecule has 2 heterocycles. The Bertz CT molecular complexity index is 922. The summed E-state index contributed by atoms with van der Waals surface area (Å²) in [5.41, 5.74) is 2.75. The number of rotatable bonds is 7. The van der Waals surface area contributed by atoms with Gasteiger partial charge in [0, 0.05) is 31.8 Å². The van der Waals surface area contributed by atoms with E-state index >= 15 is 0 Å². The summed E-state index contributed by atoms with van der Waals surface area (Å²) < 4.78 is 5.57. The average Bonchev–Trinajstić information content (AvgIpc) is 3.32. The highest BCUT2D eigenvalue weighted by Gasteiger charge is 2.19. The standard InChI is InChI=1S/C26H33N3O3/c1-19-6-4-14-29(17-19)18-20-10-12-21(13-11-20)25(30)28-24-9-3-2-8-23(24)26(31)27-16-22-7-5-15-32-22/h2-3,8-13,19,22H,4-7,14-18H2,1H3,(H,27,31)(H,28,30). The molecule has 6 nitrogen and oxygen atoms in total. The van der Waals surface area contributed by atoms with Gasteiger partial charge in [0.1, 0.15) is 0 Å². The number of nitrogens with one attached hydrogen (secondary N) is 2. The summed E-state index contributed by atoms with van der Waals surface area (Å²) in [6.07, 6.45) is 4.63. The van der Waals surface area contributed by atoms with Crippen molar-refractivity contribution in [3.63, 3.8) is 0 Å². The first-order valence-electron chi connectivity index (χ1n) is 11.7. The first kappa shape index (κ1) is 22.5. The van der Waals surface area contributed by atoms with E-state index in [0.717, 1.165) is 45.0 Å². The van der Waals surface area contributed by atoms with Gasteiger partial charge >= 0.3 is 0 Å². The molecule has 6 heteroatoms. The van der Waals surface area contributed by atoms with Crippen LogP contribution in [0, 0.1) is 5.92 Å². The topological polar surface area (TPSA) is 70.7 Å². The highest BCUT2D eigenvalue weighted by Crippen LogP contribution is 2.20. The molecule has 2 aromatic rings. The molecule has 0 aromatic heterocycles. The summed E-state index contributed by atoms with van der Waals surface area (Å²) in [7, 11) is 0. The summed E-state index contributed by atoms with van der Waals surface area (Å²) in [6.45, 7) is 6.73. The second kappa shape index (κ2) is 10.7. The van der Waals surface area contributed by atoms with Crippen LogP contribution in [0.1, 0.15) is 58.9 Å². The van der Waals surface area contributed by atoms with Crippen molar-refractivity contribution in [1.29, 1.82) is 0 Å². The molecule has 2 saturated heterocycles. The number of hydrogen-bond donors (Lipinski definition) is 2. The van der Waals surface area contributed by atoms with Crippen LogP contribution in [0.25, 0.3) is 0 Å². The summed E-state index contributed by atoms with van der Waals surface area (Å²) in [4.78, 5) is 28.0. The van der Waals surface area contributed by atoms with E-state index in [1.807, 2.05) is 30.3 Å². The van der Waals surface area contributed by atoms with E-state index in [0.29, 0.717) is 23.4 Å². The van der Waals surface area contributed by atoms with Gasteiger partial charge in [0.15, 0.2) is 0 Å². The third-order valence-corrected chi connectivity index (χ3v) is 6.30. The number of carbonyl (C=O) groups excluding carboxylic acids is 2. The predicted molar refractivity (Wildman–Crippen MR) is 126 cm³/mol. The van der Waals surface area contributed by atoms with Gasteiger partial charge in [-0.3, -0.25) is 14.5 Å². The summed E-state index contributed by atoms with van der Waals surface area (Å²) >= 11 is 0. The van der Waals surface area contributed by atoms with Crippen molar-refractivity contribution in [3.05, 3.63) is 65.2 Å². The first-order valence-corrected chi connectivity index (χ1v) is 11.7. The second-order valence-corrected chi connectivity index (χ2v) is 9.02. The molecule has 32 heavy (non-hydrogen) atoms. The first-order chi connectivity index (χ1) is 15.6. The minimum absolute atomic E-state index is 0.0763. The Morgan fingerprint density at radius 2 is 1.84 bits per heavy atom. The highest BCUT2D eigenvalue weighted by atomic mass is 16.5. The molecule has 0 radical (unpaired) electrons. The largest absolute Gasteiger partial charge is 0.376 e. The molecule has 2 aliphatic rings. The van der Waals surface area contributed by atoms with Gasteiger partial charge in [0.25, 0.3) is 11.8 Å². The second-order valence-electron chi connectivity index (χ2n) is 9.02. The Kier molecular flexibility index (Phi) is 7.55. The summed E-state index contributed by atoms with van der Waals surface area (Å²) in [6, 6.07) is 14.9. The Morgan fingerprint density at radius 3 is 2.59 bits per heavy atom. The molecule has 170 valence electrons. The molecule has 0 aliphatic carbocycles. The van der Waals surface area contributed by atoms with E-state index in [4.69, 9.17) is 4.74 Å². The fraction of sp³-hybridized carbons (Fsp3) is 0.462. The number of ether oxygens (including phenoxy) is 1. The van der Waals surface area contributed by atoms with Gasteiger partial charge in [-0.2, -0.15) is 0 Å². The van der Waals surface area contributed by atoms with Gasteiger partial charge in [-0.25, -0.2) is 0 Å². The van der Waals surface area contributed by atoms with Gasteiger partial charge in [-0.1, -0.05) is 31.2 Å². The maximum absolute atomic E-state index is 12.8. The van der Waals surface area contributed by atoms with Crippen LogP contribution in [-0.4, -0.2) is 49.1 Å². The third-order valence-electron chi connectivity index (χ3n) is 6.30. The zero-order chi connectivity index (χ0) is 22.3. The lowest BCUT2D eigenvalue weighted by atomic mass is 9.99. The van der Waals surface area contributed by atoms with E-state index in [1.165, 1.54) is 18.4 Å². The molecule has 0 spiro atoms. The van der Waals surface area contributed by atoms with Crippen molar-refractivity contribution in [2.24, 2.45) is 5.92 Å². The molecule has 0 saturated carbocycles. The number of carbonyl (C=O) groups is 2. The zero-order valence-corrected chi connectivity index (χ0v) is 18.8. The number of amides is 2. The quantitative estimate of drug-likeness (QED) is 0.688. The van der Waals surface area contributed by atoms with Crippen molar-refractivity contribution in [1.82, 2.24) is 10.2 Å². The van der Waals surface area contributed by atoms with E-state index in [-0.39, 0.29) is 17.9 Å². The number of benzene rings is 2. The molecule has 2 aromatic carbocycles. The zero-order valence-electron chi connectivity index (χ0n) is 18.8.